The number of fused-ring (bicyclic) bond motifs is 3. The number of pyridine rings is 1. The highest BCUT2D eigenvalue weighted by Crippen LogP contribution is 2.43. The summed E-state index contributed by atoms with van der Waals surface area (Å²) >= 11 is 0. The quantitative estimate of drug-likeness (QED) is 0.204. The van der Waals surface area contributed by atoms with Crippen LogP contribution in [0.1, 0.15) is 0 Å². The normalized spacial score (nSPS) is 10.8. The van der Waals surface area contributed by atoms with Gasteiger partial charge in [0.15, 0.2) is 22.9 Å². The Morgan fingerprint density at radius 2 is 1.39 bits per heavy atom. The maximum Gasteiger partial charge on any atom is 0.357 e. The lowest BCUT2D eigenvalue weighted by atomic mass is 9.98. The predicted molar refractivity (Wildman–Crippen MR) is 146 cm³/mol. The van der Waals surface area contributed by atoms with Crippen LogP contribution in [0.3, 0.4) is 0 Å². The third-order valence-electron chi connectivity index (χ3n) is 6.51. The van der Waals surface area contributed by atoms with E-state index in [2.05, 4.69) is 22.4 Å². The molecule has 0 unspecified atom stereocenters. The number of hydrogen-bond acceptors (Lipinski definition) is 6. The van der Waals surface area contributed by atoms with Crippen LogP contribution in [0, 0.1) is 4.91 Å². The number of ether oxygens (including phenoxy) is 2. The second kappa shape index (κ2) is 10.1. The summed E-state index contributed by atoms with van der Waals surface area (Å²) in [5.74, 6) is 1.17. The molecule has 6 rings (SSSR count). The number of H-pyrrole nitrogens is 1. The Bertz CT molecular complexity index is 1770. The Labute approximate surface area is 218 Å². The average Bonchev–Trinajstić information content (AvgIpc) is 3.36. The van der Waals surface area contributed by atoms with Crippen molar-refractivity contribution in [1.82, 2.24) is 10.1 Å². The zero-order chi connectivity index (χ0) is 25.4. The van der Waals surface area contributed by atoms with E-state index in [4.69, 9.17) is 14.5 Å². The Balaban J connectivity index is 0.00000294. The molecule has 0 saturated carbocycles. The molecule has 2 heterocycles. The summed E-state index contributed by atoms with van der Waals surface area (Å²) in [6.07, 6.45) is 0. The van der Waals surface area contributed by atoms with Crippen molar-refractivity contribution in [3.63, 3.8) is 0 Å². The first kappa shape index (κ1) is 24.6. The molecule has 0 amide bonds. The molecule has 0 fully saturated rings. The maximum atomic E-state index is 11.8. The molecule has 2 aromatic heterocycles. The number of methoxy groups -OCH3 is 2. The number of aromatic nitrogens is 3. The van der Waals surface area contributed by atoms with E-state index in [1.165, 1.54) is 0 Å². The van der Waals surface area contributed by atoms with Gasteiger partial charge in [0.1, 0.15) is 11.1 Å². The van der Waals surface area contributed by atoms with Crippen LogP contribution in [-0.4, -0.2) is 29.8 Å². The summed E-state index contributed by atoms with van der Waals surface area (Å²) in [7, 11) is 3.22. The largest absolute Gasteiger partial charge is 0.870 e. The van der Waals surface area contributed by atoms with Gasteiger partial charge in [-0.25, -0.2) is 5.10 Å². The molecule has 188 valence electrons. The first-order valence-corrected chi connectivity index (χ1v) is 11.8. The molecule has 2 N–H and O–H groups in total. The van der Waals surface area contributed by atoms with E-state index < -0.39 is 0 Å². The summed E-state index contributed by atoms with van der Waals surface area (Å²) in [6.45, 7) is 0. The number of aromatic amines is 1. The van der Waals surface area contributed by atoms with Gasteiger partial charge in [0.2, 0.25) is 0 Å². The number of para-hydroxylation sites is 1. The number of rotatable bonds is 6. The third-order valence-corrected chi connectivity index (χ3v) is 6.51. The van der Waals surface area contributed by atoms with E-state index in [0.29, 0.717) is 34.1 Å². The summed E-state index contributed by atoms with van der Waals surface area (Å²) in [5.41, 5.74) is 5.15. The zero-order valence-electron chi connectivity index (χ0n) is 20.8. The molecule has 38 heavy (non-hydrogen) atoms. The van der Waals surface area contributed by atoms with Crippen LogP contribution in [0.5, 0.6) is 11.5 Å². The van der Waals surface area contributed by atoms with Crippen LogP contribution in [0.2, 0.25) is 0 Å². The van der Waals surface area contributed by atoms with Crippen molar-refractivity contribution in [2.45, 2.75) is 0 Å². The highest BCUT2D eigenvalue weighted by molar-refractivity contribution is 6.15. The molecule has 0 spiro atoms. The Morgan fingerprint density at radius 1 is 0.789 bits per heavy atom. The second-order valence-electron chi connectivity index (χ2n) is 8.54. The lowest BCUT2D eigenvalue weighted by molar-refractivity contribution is -0.630. The summed E-state index contributed by atoms with van der Waals surface area (Å²) in [6, 6.07) is 31.2. The molecule has 0 aliphatic rings. The van der Waals surface area contributed by atoms with Crippen LogP contribution in [0.15, 0.2) is 102 Å². The van der Waals surface area contributed by atoms with Crippen molar-refractivity contribution in [2.75, 3.05) is 14.2 Å². The summed E-state index contributed by atoms with van der Waals surface area (Å²) in [5, 5.41) is 9.51. The van der Waals surface area contributed by atoms with Gasteiger partial charge in [-0.05, 0) is 46.6 Å². The molecule has 0 bridgehead atoms. The second-order valence-corrected chi connectivity index (χ2v) is 8.54. The summed E-state index contributed by atoms with van der Waals surface area (Å²) in [4.78, 5) is 16.9. The number of benzene rings is 4. The zero-order valence-corrected chi connectivity index (χ0v) is 20.8. The molecular weight excluding hydrogens is 480 g/mol. The molecule has 0 atom stereocenters. The lowest BCUT2D eigenvalue weighted by Gasteiger charge is -2.11. The average molecular weight is 505 g/mol. The Morgan fingerprint density at radius 3 is 2.05 bits per heavy atom. The summed E-state index contributed by atoms with van der Waals surface area (Å²) < 4.78 is 13.3. The van der Waals surface area contributed by atoms with Gasteiger partial charge < -0.3 is 14.9 Å². The number of nitrogens with zero attached hydrogens (tertiary/aromatic N) is 3. The third kappa shape index (κ3) is 3.93. The monoisotopic (exact) mass is 504 g/mol. The molecule has 0 radical (unpaired) electrons. The smallest absolute Gasteiger partial charge is 0.357 e. The first-order chi connectivity index (χ1) is 18.2. The van der Waals surface area contributed by atoms with Crippen molar-refractivity contribution in [1.29, 1.82) is 0 Å². The fourth-order valence-corrected chi connectivity index (χ4v) is 4.79. The van der Waals surface area contributed by atoms with Gasteiger partial charge in [-0.2, -0.15) is 0 Å². The minimum atomic E-state index is 0. The van der Waals surface area contributed by atoms with Gasteiger partial charge in [0.05, 0.1) is 25.5 Å². The van der Waals surface area contributed by atoms with Crippen molar-refractivity contribution >= 4 is 27.5 Å². The number of nitroso groups, excluding NO2 is 1. The fourth-order valence-electron chi connectivity index (χ4n) is 4.79. The van der Waals surface area contributed by atoms with Crippen LogP contribution in [0.25, 0.3) is 50.0 Å². The van der Waals surface area contributed by atoms with Crippen molar-refractivity contribution in [2.24, 2.45) is 5.18 Å². The van der Waals surface area contributed by atoms with Crippen LogP contribution in [-0.2, 0) is 0 Å². The first-order valence-electron chi connectivity index (χ1n) is 11.8. The maximum absolute atomic E-state index is 11.8. The van der Waals surface area contributed by atoms with Gasteiger partial charge >= 0.3 is 5.65 Å². The number of nitrogens with one attached hydrogen (secondary N) is 1. The minimum Gasteiger partial charge on any atom is -0.870 e. The van der Waals surface area contributed by atoms with E-state index in [9.17, 15) is 4.91 Å². The molecule has 0 saturated heterocycles. The minimum absolute atomic E-state index is 0. The molecule has 0 aliphatic carbocycles. The molecule has 8 heteroatoms. The van der Waals surface area contributed by atoms with Crippen LogP contribution >= 0.6 is 0 Å². The number of hydrogen-bond donors (Lipinski definition) is 1. The van der Waals surface area contributed by atoms with Gasteiger partial charge in [0, 0.05) is 16.3 Å². The van der Waals surface area contributed by atoms with Crippen LogP contribution < -0.4 is 14.2 Å². The van der Waals surface area contributed by atoms with Crippen molar-refractivity contribution < 1.29 is 19.6 Å². The fraction of sp³-hybridized carbons (Fsp3) is 0.0667. The van der Waals surface area contributed by atoms with Gasteiger partial charge in [0.25, 0.3) is 0 Å². The van der Waals surface area contributed by atoms with E-state index in [1.807, 2.05) is 77.5 Å². The SMILES string of the molecule is COc1cc2c(-c3ccccc3N=O)nc3c(c(-c4ccccc4)[nH][n+]3-c3ccccc3)c2cc1OC.[OH-]. The predicted octanol–water partition coefficient (Wildman–Crippen LogP) is 6.57. The molecule has 0 aliphatic heterocycles. The molecular formula is C30H24N4O4. The van der Waals surface area contributed by atoms with E-state index in [1.54, 1.807) is 26.4 Å². The Hall–Kier alpha value is -5.08. The molecule has 8 nitrogen and oxygen atoms in total. The highest BCUT2D eigenvalue weighted by Gasteiger charge is 2.29. The highest BCUT2D eigenvalue weighted by atomic mass is 16.5. The van der Waals surface area contributed by atoms with Crippen LogP contribution in [0.4, 0.5) is 5.69 Å². The topological polar surface area (TPSA) is 110 Å². The van der Waals surface area contributed by atoms with Crippen molar-refractivity contribution in [3.8, 4) is 39.7 Å². The lowest BCUT2D eigenvalue weighted by Crippen LogP contribution is -2.33. The van der Waals surface area contributed by atoms with Gasteiger partial charge in [-0.3, -0.25) is 0 Å². The van der Waals surface area contributed by atoms with E-state index in [-0.39, 0.29) is 5.48 Å². The molecule has 6 aromatic rings. The van der Waals surface area contributed by atoms with E-state index >= 15 is 0 Å². The standard InChI is InChI=1S/C30H22N4O3.H2O/c1-36-25-17-22-23(18-26(25)37-2)29(21-15-9-10-16-24(21)33-35)31-30-27(22)28(19-11-5-3-6-12-19)32-34(30)20-13-7-4-8-14-20;/h3-18H,1-2H3;1H2. The Kier molecular flexibility index (Phi) is 6.55. The molecule has 4 aromatic carbocycles. The van der Waals surface area contributed by atoms with Gasteiger partial charge in [-0.1, -0.05) is 60.7 Å². The van der Waals surface area contributed by atoms with E-state index in [0.717, 1.165) is 33.1 Å². The van der Waals surface area contributed by atoms with Gasteiger partial charge in [-0.15, -0.1) is 9.59 Å². The van der Waals surface area contributed by atoms with Crippen molar-refractivity contribution in [3.05, 3.63) is 102 Å².